The van der Waals surface area contributed by atoms with Gasteiger partial charge in [0.05, 0.1) is 13.1 Å². The number of imidazole rings is 1. The first-order valence-electron chi connectivity index (χ1n) is 10.7. The summed E-state index contributed by atoms with van der Waals surface area (Å²) in [5, 5.41) is 0. The van der Waals surface area contributed by atoms with Gasteiger partial charge < -0.3 is 13.3 Å². The molecule has 0 radical (unpaired) electrons. The lowest BCUT2D eigenvalue weighted by Gasteiger charge is -2.28. The number of aromatic nitrogens is 2. The highest BCUT2D eigenvalue weighted by molar-refractivity contribution is 6.60. The fourth-order valence-electron chi connectivity index (χ4n) is 3.26. The molecule has 0 spiro atoms. The van der Waals surface area contributed by atoms with Gasteiger partial charge >= 0.3 is 8.80 Å². The normalized spacial score (nSPS) is 12.0. The highest BCUT2D eigenvalue weighted by atomic mass is 28.4. The van der Waals surface area contributed by atoms with Crippen LogP contribution >= 0.6 is 0 Å². The second-order valence-electron chi connectivity index (χ2n) is 6.74. The molecule has 0 aliphatic carbocycles. The molecule has 0 N–H and O–H groups in total. The molecule has 6 heteroatoms. The van der Waals surface area contributed by atoms with Crippen LogP contribution in [-0.4, -0.2) is 33.2 Å². The number of rotatable bonds is 17. The molecule has 0 aliphatic heterocycles. The summed E-state index contributed by atoms with van der Waals surface area (Å²) in [4.78, 5) is 0. The second-order valence-corrected chi connectivity index (χ2v) is 9.47. The predicted octanol–water partition coefficient (Wildman–Crippen LogP) is 4.57. The van der Waals surface area contributed by atoms with Crippen molar-refractivity contribution in [2.75, 3.05) is 19.8 Å². The Bertz CT molecular complexity index is 437. The van der Waals surface area contributed by atoms with Gasteiger partial charge in [0, 0.05) is 25.9 Å². The van der Waals surface area contributed by atoms with Gasteiger partial charge in [-0.15, -0.1) is 0 Å². The van der Waals surface area contributed by atoms with E-state index in [2.05, 4.69) is 34.8 Å². The van der Waals surface area contributed by atoms with Gasteiger partial charge in [-0.1, -0.05) is 32.6 Å². The van der Waals surface area contributed by atoms with E-state index in [1.54, 1.807) is 0 Å². The Labute approximate surface area is 162 Å². The third-order valence-electron chi connectivity index (χ3n) is 4.51. The number of hydrogen-bond donors (Lipinski definition) is 0. The summed E-state index contributed by atoms with van der Waals surface area (Å²) in [7, 11) is -2.50. The van der Waals surface area contributed by atoms with Crippen molar-refractivity contribution < 1.29 is 17.8 Å². The Balaban J connectivity index is 2.34. The average molecular weight is 386 g/mol. The van der Waals surface area contributed by atoms with Crippen LogP contribution in [0.2, 0.25) is 6.04 Å². The molecule has 0 saturated heterocycles. The SMILES string of the molecule is CCCCCCCCn1cc[n+](CCC[Si](OCC)(OCC)OCC)c1. The molecule has 1 aromatic rings. The molecule has 0 amide bonds. The summed E-state index contributed by atoms with van der Waals surface area (Å²) >= 11 is 0. The van der Waals surface area contributed by atoms with Gasteiger partial charge in [0.15, 0.2) is 0 Å². The van der Waals surface area contributed by atoms with Gasteiger partial charge in [0.1, 0.15) is 12.4 Å². The average Bonchev–Trinajstić information content (AvgIpc) is 3.06. The largest absolute Gasteiger partial charge is 0.501 e. The molecule has 0 bridgehead atoms. The van der Waals surface area contributed by atoms with E-state index >= 15 is 0 Å². The Morgan fingerprint density at radius 3 is 2.04 bits per heavy atom. The molecule has 0 aliphatic rings. The van der Waals surface area contributed by atoms with E-state index in [9.17, 15) is 0 Å². The van der Waals surface area contributed by atoms with Gasteiger partial charge in [0.25, 0.3) is 0 Å². The van der Waals surface area contributed by atoms with E-state index in [4.69, 9.17) is 13.3 Å². The van der Waals surface area contributed by atoms with Crippen LogP contribution in [0, 0.1) is 0 Å². The highest BCUT2D eigenvalue weighted by Crippen LogP contribution is 2.18. The first-order valence-corrected chi connectivity index (χ1v) is 12.6. The van der Waals surface area contributed by atoms with Gasteiger partial charge in [-0.25, -0.2) is 9.13 Å². The van der Waals surface area contributed by atoms with Crippen molar-refractivity contribution in [3.05, 3.63) is 18.7 Å². The summed E-state index contributed by atoms with van der Waals surface area (Å²) in [5.74, 6) is 0. The molecule has 1 aromatic heterocycles. The Morgan fingerprint density at radius 2 is 1.42 bits per heavy atom. The minimum absolute atomic E-state index is 0.647. The molecule has 26 heavy (non-hydrogen) atoms. The summed E-state index contributed by atoms with van der Waals surface area (Å²) in [5.41, 5.74) is 0. The second kappa shape index (κ2) is 14.4. The van der Waals surface area contributed by atoms with Crippen LogP contribution in [-0.2, 0) is 26.4 Å². The van der Waals surface area contributed by atoms with Crippen molar-refractivity contribution >= 4 is 8.80 Å². The van der Waals surface area contributed by atoms with E-state index < -0.39 is 8.80 Å². The van der Waals surface area contributed by atoms with Crippen LogP contribution in [0.1, 0.15) is 72.6 Å². The smallest absolute Gasteiger partial charge is 0.374 e. The molecular weight excluding hydrogens is 344 g/mol. The molecule has 0 aromatic carbocycles. The van der Waals surface area contributed by atoms with Crippen molar-refractivity contribution in [1.82, 2.24) is 4.57 Å². The third-order valence-corrected chi connectivity index (χ3v) is 7.66. The molecule has 0 fully saturated rings. The number of nitrogens with zero attached hydrogens (tertiary/aromatic N) is 2. The van der Waals surface area contributed by atoms with Crippen LogP contribution in [0.5, 0.6) is 0 Å². The van der Waals surface area contributed by atoms with E-state index in [-0.39, 0.29) is 0 Å². The van der Waals surface area contributed by atoms with E-state index in [0.717, 1.165) is 25.6 Å². The van der Waals surface area contributed by atoms with E-state index in [1.807, 2.05) is 20.8 Å². The van der Waals surface area contributed by atoms with Crippen LogP contribution in [0.25, 0.3) is 0 Å². The maximum atomic E-state index is 5.93. The zero-order chi connectivity index (χ0) is 19.1. The predicted molar refractivity (Wildman–Crippen MR) is 108 cm³/mol. The monoisotopic (exact) mass is 385 g/mol. The van der Waals surface area contributed by atoms with Crippen molar-refractivity contribution in [1.29, 1.82) is 0 Å². The fraction of sp³-hybridized carbons (Fsp3) is 0.850. The topological polar surface area (TPSA) is 36.5 Å². The Hall–Kier alpha value is -0.693. The van der Waals surface area contributed by atoms with Gasteiger partial charge in [-0.2, -0.15) is 0 Å². The van der Waals surface area contributed by atoms with Crippen LogP contribution in [0.15, 0.2) is 18.7 Å². The van der Waals surface area contributed by atoms with Crippen LogP contribution in [0.4, 0.5) is 0 Å². The van der Waals surface area contributed by atoms with Crippen molar-refractivity contribution in [2.24, 2.45) is 0 Å². The molecule has 0 unspecified atom stereocenters. The number of unbranched alkanes of at least 4 members (excludes halogenated alkanes) is 5. The maximum absolute atomic E-state index is 5.93. The lowest BCUT2D eigenvalue weighted by Crippen LogP contribution is -2.46. The minimum atomic E-state index is -2.50. The highest BCUT2D eigenvalue weighted by Gasteiger charge is 2.39. The number of hydrogen-bond acceptors (Lipinski definition) is 3. The quantitative estimate of drug-likeness (QED) is 0.224. The zero-order valence-corrected chi connectivity index (χ0v) is 18.5. The minimum Gasteiger partial charge on any atom is -0.374 e. The lowest BCUT2D eigenvalue weighted by atomic mass is 10.1. The summed E-state index contributed by atoms with van der Waals surface area (Å²) in [6, 6.07) is 0.873. The Kier molecular flexibility index (Phi) is 12.9. The zero-order valence-electron chi connectivity index (χ0n) is 17.5. The first kappa shape index (κ1) is 23.3. The third kappa shape index (κ3) is 9.30. The van der Waals surface area contributed by atoms with Crippen molar-refractivity contribution in [2.45, 2.75) is 91.8 Å². The van der Waals surface area contributed by atoms with E-state index in [1.165, 1.54) is 38.5 Å². The molecule has 5 nitrogen and oxygen atoms in total. The lowest BCUT2D eigenvalue weighted by molar-refractivity contribution is -0.696. The summed E-state index contributed by atoms with van der Waals surface area (Å²) < 4.78 is 22.3. The standard InChI is InChI=1S/C20H41N2O3Si/c1-5-9-10-11-12-13-15-21-17-18-22(20-21)16-14-19-26(23-6-2,24-7-3)25-8-4/h17-18,20H,5-16,19H2,1-4H3/q+1. The molecule has 1 heterocycles. The Morgan fingerprint density at radius 1 is 0.808 bits per heavy atom. The van der Waals surface area contributed by atoms with Gasteiger partial charge in [-0.3, -0.25) is 0 Å². The van der Waals surface area contributed by atoms with Crippen LogP contribution < -0.4 is 4.57 Å². The molecule has 1 rings (SSSR count). The summed E-state index contributed by atoms with van der Waals surface area (Å²) in [6.45, 7) is 12.3. The maximum Gasteiger partial charge on any atom is 0.501 e. The van der Waals surface area contributed by atoms with Crippen LogP contribution in [0.3, 0.4) is 0 Å². The molecule has 152 valence electrons. The molecule has 0 atom stereocenters. The van der Waals surface area contributed by atoms with Crippen molar-refractivity contribution in [3.63, 3.8) is 0 Å². The first-order chi connectivity index (χ1) is 12.7. The number of aryl methyl sites for hydroxylation is 2. The summed E-state index contributed by atoms with van der Waals surface area (Å²) in [6.07, 6.45) is 15.6. The van der Waals surface area contributed by atoms with Gasteiger partial charge in [-0.05, 0) is 40.0 Å². The van der Waals surface area contributed by atoms with Gasteiger partial charge in [0.2, 0.25) is 6.33 Å². The molecular formula is C20H41N2O3Si+. The molecule has 0 saturated carbocycles. The fourth-order valence-corrected chi connectivity index (χ4v) is 5.85. The van der Waals surface area contributed by atoms with Crippen molar-refractivity contribution in [3.8, 4) is 0 Å². The van der Waals surface area contributed by atoms with E-state index in [0.29, 0.717) is 19.8 Å².